The van der Waals surface area contributed by atoms with E-state index < -0.39 is 29.5 Å². The Kier molecular flexibility index (Phi) is 5.43. The van der Waals surface area contributed by atoms with Crippen molar-refractivity contribution in [3.05, 3.63) is 65.6 Å². The molecule has 0 aliphatic carbocycles. The number of anilines is 1. The van der Waals surface area contributed by atoms with Crippen molar-refractivity contribution < 1.29 is 27.9 Å². The zero-order valence-corrected chi connectivity index (χ0v) is 14.5. The van der Waals surface area contributed by atoms with Crippen LogP contribution in [0.2, 0.25) is 0 Å². The van der Waals surface area contributed by atoms with Gasteiger partial charge in [0.05, 0.1) is 6.20 Å². The van der Waals surface area contributed by atoms with E-state index in [2.05, 4.69) is 25.6 Å². The molecular weight excluding hydrogens is 393 g/mol. The second-order valence-electron chi connectivity index (χ2n) is 5.70. The first-order valence-electron chi connectivity index (χ1n) is 8.04. The Hall–Kier alpha value is -3.96. The zero-order valence-electron chi connectivity index (χ0n) is 14.5. The molecule has 3 rings (SSSR count). The molecule has 0 spiro atoms. The van der Waals surface area contributed by atoms with Crippen molar-refractivity contribution in [3.8, 4) is 5.75 Å². The predicted molar refractivity (Wildman–Crippen MR) is 92.9 cm³/mol. The average molecular weight is 406 g/mol. The fourth-order valence-electron chi connectivity index (χ4n) is 2.20. The molecule has 29 heavy (non-hydrogen) atoms. The van der Waals surface area contributed by atoms with Gasteiger partial charge in [0.2, 0.25) is 0 Å². The third kappa shape index (κ3) is 4.86. The van der Waals surface area contributed by atoms with E-state index in [0.717, 1.165) is 0 Å². The molecule has 12 heteroatoms. The number of aromatic hydroxyl groups is 1. The Morgan fingerprint density at radius 1 is 1.07 bits per heavy atom. The van der Waals surface area contributed by atoms with E-state index in [1.54, 1.807) is 6.07 Å². The van der Waals surface area contributed by atoms with Crippen LogP contribution in [0.3, 0.4) is 0 Å². The lowest BCUT2D eigenvalue weighted by Gasteiger charge is -2.07. The number of hydrogen-bond donors (Lipinski definition) is 4. The number of amides is 2. The normalized spacial score (nSPS) is 11.1. The predicted octanol–water partition coefficient (Wildman–Crippen LogP) is 2.11. The SMILES string of the molecule is O=C(NCc1ccc(NC(=O)c2ncccc2O)nc1)c1ncc(C(F)(F)F)[nH]1. The number of aromatic amines is 1. The fraction of sp³-hybridized carbons (Fsp3) is 0.118. The highest BCUT2D eigenvalue weighted by molar-refractivity contribution is 6.04. The zero-order chi connectivity index (χ0) is 21.0. The lowest BCUT2D eigenvalue weighted by Crippen LogP contribution is -2.24. The summed E-state index contributed by atoms with van der Waals surface area (Å²) in [4.78, 5) is 37.0. The third-order valence-corrected chi connectivity index (χ3v) is 3.62. The van der Waals surface area contributed by atoms with Crippen molar-refractivity contribution in [1.29, 1.82) is 0 Å². The fourth-order valence-corrected chi connectivity index (χ4v) is 2.20. The van der Waals surface area contributed by atoms with Gasteiger partial charge in [-0.2, -0.15) is 13.2 Å². The largest absolute Gasteiger partial charge is 0.505 e. The quantitative estimate of drug-likeness (QED) is 0.513. The molecule has 150 valence electrons. The van der Waals surface area contributed by atoms with Gasteiger partial charge in [0.15, 0.2) is 11.5 Å². The molecule has 0 saturated heterocycles. The highest BCUT2D eigenvalue weighted by Gasteiger charge is 2.33. The van der Waals surface area contributed by atoms with Gasteiger partial charge in [-0.1, -0.05) is 6.07 Å². The van der Waals surface area contributed by atoms with Gasteiger partial charge in [-0.05, 0) is 23.8 Å². The van der Waals surface area contributed by atoms with Crippen LogP contribution in [0.1, 0.15) is 32.4 Å². The van der Waals surface area contributed by atoms with Crippen LogP contribution in [-0.2, 0) is 12.7 Å². The summed E-state index contributed by atoms with van der Waals surface area (Å²) < 4.78 is 37.5. The van der Waals surface area contributed by atoms with Gasteiger partial charge < -0.3 is 20.7 Å². The summed E-state index contributed by atoms with van der Waals surface area (Å²) in [5, 5.41) is 14.5. The van der Waals surface area contributed by atoms with Crippen LogP contribution in [-0.4, -0.2) is 36.9 Å². The molecule has 4 N–H and O–H groups in total. The number of hydrogen-bond acceptors (Lipinski definition) is 6. The molecule has 0 unspecified atom stereocenters. The molecule has 0 aliphatic rings. The molecule has 3 heterocycles. The second kappa shape index (κ2) is 7.96. The first-order valence-corrected chi connectivity index (χ1v) is 8.04. The Balaban J connectivity index is 1.57. The molecule has 0 aromatic carbocycles. The maximum absolute atomic E-state index is 12.5. The molecule has 0 atom stereocenters. The second-order valence-corrected chi connectivity index (χ2v) is 5.70. The summed E-state index contributed by atoms with van der Waals surface area (Å²) in [5.74, 6) is -2.05. The summed E-state index contributed by atoms with van der Waals surface area (Å²) in [6.07, 6.45) is -1.38. The molecule has 3 aromatic heterocycles. The molecule has 0 saturated carbocycles. The summed E-state index contributed by atoms with van der Waals surface area (Å²) in [5.41, 5.74) is -0.759. The highest BCUT2D eigenvalue weighted by atomic mass is 19.4. The smallest absolute Gasteiger partial charge is 0.432 e. The van der Waals surface area contributed by atoms with Crippen LogP contribution < -0.4 is 10.6 Å². The molecule has 2 amide bonds. The van der Waals surface area contributed by atoms with Gasteiger partial charge in [0.25, 0.3) is 11.8 Å². The first-order chi connectivity index (χ1) is 13.7. The minimum absolute atomic E-state index is 0.0247. The number of rotatable bonds is 5. The number of pyridine rings is 2. The lowest BCUT2D eigenvalue weighted by molar-refractivity contribution is -0.140. The molecule has 0 fully saturated rings. The maximum Gasteiger partial charge on any atom is 0.432 e. The molecule has 9 nitrogen and oxygen atoms in total. The molecular formula is C17H13F3N6O3. The van der Waals surface area contributed by atoms with E-state index in [4.69, 9.17) is 0 Å². The lowest BCUT2D eigenvalue weighted by atomic mass is 10.2. The molecule has 0 bridgehead atoms. The minimum atomic E-state index is -4.62. The Morgan fingerprint density at radius 3 is 2.48 bits per heavy atom. The number of alkyl halides is 3. The number of nitrogens with one attached hydrogen (secondary N) is 3. The van der Waals surface area contributed by atoms with E-state index in [1.807, 2.05) is 4.98 Å². The van der Waals surface area contributed by atoms with Gasteiger partial charge in [0, 0.05) is 18.9 Å². The van der Waals surface area contributed by atoms with Gasteiger partial charge in [0.1, 0.15) is 17.3 Å². The number of H-pyrrole nitrogens is 1. The Bertz CT molecular complexity index is 1030. The van der Waals surface area contributed by atoms with Gasteiger partial charge in [-0.25, -0.2) is 15.0 Å². The van der Waals surface area contributed by atoms with Crippen LogP contribution in [0.25, 0.3) is 0 Å². The number of imidazole rings is 1. The van der Waals surface area contributed by atoms with Crippen LogP contribution in [0.15, 0.2) is 42.9 Å². The van der Waals surface area contributed by atoms with Crippen LogP contribution >= 0.6 is 0 Å². The van der Waals surface area contributed by atoms with Crippen molar-refractivity contribution in [2.45, 2.75) is 12.7 Å². The van der Waals surface area contributed by atoms with Crippen molar-refractivity contribution in [2.75, 3.05) is 5.32 Å². The Labute approximate surface area is 161 Å². The summed E-state index contributed by atoms with van der Waals surface area (Å²) in [6.45, 7) is -0.0247. The summed E-state index contributed by atoms with van der Waals surface area (Å²) in [7, 11) is 0. The van der Waals surface area contributed by atoms with Crippen molar-refractivity contribution >= 4 is 17.6 Å². The first kappa shape index (κ1) is 19.8. The van der Waals surface area contributed by atoms with E-state index in [-0.39, 0.29) is 23.8 Å². The Morgan fingerprint density at radius 2 is 1.86 bits per heavy atom. The molecule has 0 aliphatic heterocycles. The average Bonchev–Trinajstić information content (AvgIpc) is 3.18. The third-order valence-electron chi connectivity index (χ3n) is 3.62. The number of carbonyl (C=O) groups is 2. The van der Waals surface area contributed by atoms with E-state index in [0.29, 0.717) is 11.8 Å². The van der Waals surface area contributed by atoms with Crippen LogP contribution in [0.4, 0.5) is 19.0 Å². The number of aromatic nitrogens is 4. The summed E-state index contributed by atoms with van der Waals surface area (Å²) >= 11 is 0. The number of halogens is 3. The topological polar surface area (TPSA) is 133 Å². The monoisotopic (exact) mass is 406 g/mol. The number of carbonyl (C=O) groups excluding carboxylic acids is 2. The van der Waals surface area contributed by atoms with Gasteiger partial charge in [-0.3, -0.25) is 9.59 Å². The van der Waals surface area contributed by atoms with Gasteiger partial charge >= 0.3 is 6.18 Å². The van der Waals surface area contributed by atoms with Crippen molar-refractivity contribution in [3.63, 3.8) is 0 Å². The van der Waals surface area contributed by atoms with E-state index in [9.17, 15) is 27.9 Å². The van der Waals surface area contributed by atoms with E-state index in [1.165, 1.54) is 30.6 Å². The van der Waals surface area contributed by atoms with Crippen molar-refractivity contribution in [1.82, 2.24) is 25.3 Å². The number of nitrogens with zero attached hydrogens (tertiary/aromatic N) is 3. The molecule has 3 aromatic rings. The van der Waals surface area contributed by atoms with Crippen molar-refractivity contribution in [2.24, 2.45) is 0 Å². The van der Waals surface area contributed by atoms with Gasteiger partial charge in [-0.15, -0.1) is 0 Å². The summed E-state index contributed by atoms with van der Waals surface area (Å²) in [6, 6.07) is 5.79. The van der Waals surface area contributed by atoms with Crippen LogP contribution in [0.5, 0.6) is 5.75 Å². The maximum atomic E-state index is 12.5. The van der Waals surface area contributed by atoms with Crippen LogP contribution in [0, 0.1) is 0 Å². The standard InChI is InChI=1S/C17H13F3N6O3/c18-17(19,20)11-8-23-14(25-11)16(29)24-7-9-3-4-12(22-6-9)26-15(28)13-10(27)2-1-5-21-13/h1-6,8,27H,7H2,(H,23,25)(H,24,29)(H,22,26,28). The minimum Gasteiger partial charge on any atom is -0.505 e. The molecule has 0 radical (unpaired) electrons. The van der Waals surface area contributed by atoms with E-state index >= 15 is 0 Å². The highest BCUT2D eigenvalue weighted by Crippen LogP contribution is 2.27.